The largest absolute Gasteiger partial charge is 0.467 e. The first-order valence-corrected chi connectivity index (χ1v) is 6.58. The molecule has 106 valence electrons. The van der Waals surface area contributed by atoms with Gasteiger partial charge in [-0.05, 0) is 19.9 Å². The molecule has 0 aromatic heterocycles. The first kappa shape index (κ1) is 12.8. The number of nitrogens with one attached hydrogen (secondary N) is 2. The first-order valence-electron chi connectivity index (χ1n) is 6.58. The topological polar surface area (TPSA) is 76.7 Å². The van der Waals surface area contributed by atoms with Gasteiger partial charge in [0.15, 0.2) is 5.72 Å². The molecule has 1 aromatic carbocycles. The molecular weight excluding hydrogens is 260 g/mol. The van der Waals surface area contributed by atoms with Gasteiger partial charge in [0, 0.05) is 5.56 Å². The van der Waals surface area contributed by atoms with Gasteiger partial charge in [-0.1, -0.05) is 18.2 Å². The van der Waals surface area contributed by atoms with Crippen molar-refractivity contribution in [3.05, 3.63) is 29.8 Å². The van der Waals surface area contributed by atoms with E-state index in [1.54, 1.807) is 13.8 Å². The standard InChI is InChI=1S/C14H16N2O4/c1-3-19-12(17)10-11-8-6-4-5-7-9(8)20-14(10,2)16-13(18)15-11/h4-7,10-11H,3H2,1-2H3,(H2,15,16,18)/t10-,11-,14+/m1/s1. The second-order valence-corrected chi connectivity index (χ2v) is 5.05. The molecule has 0 radical (unpaired) electrons. The van der Waals surface area contributed by atoms with Crippen LogP contribution in [0.2, 0.25) is 0 Å². The number of amides is 2. The van der Waals surface area contributed by atoms with E-state index in [2.05, 4.69) is 10.6 Å². The predicted octanol–water partition coefficient (Wildman–Crippen LogP) is 1.33. The maximum atomic E-state index is 12.2. The third kappa shape index (κ3) is 1.79. The zero-order chi connectivity index (χ0) is 14.3. The van der Waals surface area contributed by atoms with Crippen LogP contribution in [-0.4, -0.2) is 24.3 Å². The predicted molar refractivity (Wildman–Crippen MR) is 70.0 cm³/mol. The Bertz CT molecular complexity index is 574. The third-order valence-electron chi connectivity index (χ3n) is 3.69. The summed E-state index contributed by atoms with van der Waals surface area (Å²) in [6.45, 7) is 3.73. The van der Waals surface area contributed by atoms with Crippen LogP contribution in [-0.2, 0) is 9.53 Å². The van der Waals surface area contributed by atoms with Gasteiger partial charge in [0.25, 0.3) is 0 Å². The van der Waals surface area contributed by atoms with E-state index in [1.165, 1.54) is 0 Å². The minimum Gasteiger partial charge on any atom is -0.467 e. The van der Waals surface area contributed by atoms with Crippen LogP contribution in [0.5, 0.6) is 5.75 Å². The molecule has 2 aliphatic rings. The molecule has 0 unspecified atom stereocenters. The monoisotopic (exact) mass is 276 g/mol. The van der Waals surface area contributed by atoms with Crippen LogP contribution >= 0.6 is 0 Å². The van der Waals surface area contributed by atoms with Crippen molar-refractivity contribution in [3.63, 3.8) is 0 Å². The SMILES string of the molecule is CCOC(=O)[C@H]1[C@@H]2NC(=O)N[C@@]1(C)Oc1ccccc12. The van der Waals surface area contributed by atoms with E-state index in [0.29, 0.717) is 5.75 Å². The Kier molecular flexibility index (Phi) is 2.81. The number of hydrogen-bond donors (Lipinski definition) is 2. The first-order chi connectivity index (χ1) is 9.55. The molecule has 2 bridgehead atoms. The van der Waals surface area contributed by atoms with E-state index in [4.69, 9.17) is 9.47 Å². The molecule has 3 atom stereocenters. The van der Waals surface area contributed by atoms with Crippen molar-refractivity contribution in [3.8, 4) is 5.75 Å². The lowest BCUT2D eigenvalue weighted by molar-refractivity contribution is -0.162. The van der Waals surface area contributed by atoms with E-state index >= 15 is 0 Å². The molecule has 1 saturated heterocycles. The molecule has 1 aromatic rings. The molecule has 6 heteroatoms. The summed E-state index contributed by atoms with van der Waals surface area (Å²) < 4.78 is 11.0. The van der Waals surface area contributed by atoms with Gasteiger partial charge in [0.05, 0.1) is 12.6 Å². The van der Waals surface area contributed by atoms with Gasteiger partial charge in [-0.2, -0.15) is 0 Å². The number of carbonyl (C=O) groups excluding carboxylic acids is 2. The average Bonchev–Trinajstić information content (AvgIpc) is 2.37. The minimum atomic E-state index is -1.10. The summed E-state index contributed by atoms with van der Waals surface area (Å²) in [4.78, 5) is 24.0. The van der Waals surface area contributed by atoms with Crippen molar-refractivity contribution < 1.29 is 19.1 Å². The number of hydrogen-bond acceptors (Lipinski definition) is 4. The fourth-order valence-corrected chi connectivity index (χ4v) is 2.88. The smallest absolute Gasteiger partial charge is 0.318 e. The van der Waals surface area contributed by atoms with Crippen LogP contribution in [0.15, 0.2) is 24.3 Å². The maximum Gasteiger partial charge on any atom is 0.318 e. The van der Waals surface area contributed by atoms with E-state index in [0.717, 1.165) is 5.56 Å². The summed E-state index contributed by atoms with van der Waals surface area (Å²) in [5.74, 6) is -0.356. The number of benzene rings is 1. The number of carbonyl (C=O) groups is 2. The summed E-state index contributed by atoms with van der Waals surface area (Å²) in [5, 5.41) is 5.47. The van der Waals surface area contributed by atoms with Crippen molar-refractivity contribution in [2.75, 3.05) is 6.61 Å². The van der Waals surface area contributed by atoms with Gasteiger partial charge in [-0.25, -0.2) is 4.79 Å². The number of rotatable bonds is 2. The number of fused-ring (bicyclic) bond motifs is 4. The van der Waals surface area contributed by atoms with Crippen molar-refractivity contribution >= 4 is 12.0 Å². The number of para-hydroxylation sites is 1. The summed E-state index contributed by atoms with van der Waals surface area (Å²) in [7, 11) is 0. The lowest BCUT2D eigenvalue weighted by Gasteiger charge is -2.48. The Hall–Kier alpha value is -2.24. The molecule has 1 fully saturated rings. The van der Waals surface area contributed by atoms with Gasteiger partial charge >= 0.3 is 12.0 Å². The zero-order valence-corrected chi connectivity index (χ0v) is 11.3. The molecule has 20 heavy (non-hydrogen) atoms. The van der Waals surface area contributed by atoms with Crippen LogP contribution in [0.1, 0.15) is 25.5 Å². The molecule has 2 aliphatic heterocycles. The Morgan fingerprint density at radius 3 is 2.95 bits per heavy atom. The van der Waals surface area contributed by atoms with E-state index in [9.17, 15) is 9.59 Å². The summed E-state index contributed by atoms with van der Waals surface area (Å²) >= 11 is 0. The molecule has 2 amide bonds. The maximum absolute atomic E-state index is 12.2. The Morgan fingerprint density at radius 2 is 2.20 bits per heavy atom. The minimum absolute atomic E-state index is 0.285. The van der Waals surface area contributed by atoms with Gasteiger partial charge in [-0.15, -0.1) is 0 Å². The van der Waals surface area contributed by atoms with Gasteiger partial charge in [0.2, 0.25) is 0 Å². The molecular formula is C14H16N2O4. The second-order valence-electron chi connectivity index (χ2n) is 5.05. The van der Waals surface area contributed by atoms with Crippen molar-refractivity contribution in [2.45, 2.75) is 25.6 Å². The fourth-order valence-electron chi connectivity index (χ4n) is 2.88. The van der Waals surface area contributed by atoms with Crippen LogP contribution < -0.4 is 15.4 Å². The van der Waals surface area contributed by atoms with Crippen molar-refractivity contribution in [2.24, 2.45) is 5.92 Å². The van der Waals surface area contributed by atoms with Crippen LogP contribution in [0.4, 0.5) is 4.79 Å². The van der Waals surface area contributed by atoms with Gasteiger partial charge < -0.3 is 14.8 Å². The molecule has 2 heterocycles. The molecule has 6 nitrogen and oxygen atoms in total. The summed E-state index contributed by atoms with van der Waals surface area (Å²) in [5.41, 5.74) is -0.314. The Balaban J connectivity index is 2.08. The average molecular weight is 276 g/mol. The molecule has 0 aliphatic carbocycles. The lowest BCUT2D eigenvalue weighted by Crippen LogP contribution is -2.70. The number of ether oxygens (including phenoxy) is 2. The van der Waals surface area contributed by atoms with Crippen molar-refractivity contribution in [1.29, 1.82) is 0 Å². The van der Waals surface area contributed by atoms with Crippen molar-refractivity contribution in [1.82, 2.24) is 10.6 Å². The van der Waals surface area contributed by atoms with Crippen LogP contribution in [0, 0.1) is 5.92 Å². The highest BCUT2D eigenvalue weighted by Crippen LogP contribution is 2.44. The number of esters is 1. The number of urea groups is 1. The van der Waals surface area contributed by atoms with Gasteiger partial charge in [-0.3, -0.25) is 10.1 Å². The van der Waals surface area contributed by atoms with E-state index in [1.807, 2.05) is 24.3 Å². The van der Waals surface area contributed by atoms with Gasteiger partial charge in [0.1, 0.15) is 11.7 Å². The quantitative estimate of drug-likeness (QED) is 0.799. The molecule has 2 N–H and O–H groups in total. The Labute approximate surface area is 116 Å². The summed E-state index contributed by atoms with van der Waals surface area (Å²) in [6, 6.07) is 6.56. The lowest BCUT2D eigenvalue weighted by atomic mass is 9.80. The second kappa shape index (κ2) is 4.40. The Morgan fingerprint density at radius 1 is 1.45 bits per heavy atom. The molecule has 0 spiro atoms. The fraction of sp³-hybridized carbons (Fsp3) is 0.429. The zero-order valence-electron chi connectivity index (χ0n) is 11.3. The third-order valence-corrected chi connectivity index (χ3v) is 3.69. The highest BCUT2D eigenvalue weighted by molar-refractivity contribution is 5.84. The molecule has 3 rings (SSSR count). The highest BCUT2D eigenvalue weighted by Gasteiger charge is 2.56. The molecule has 0 saturated carbocycles. The van der Waals surface area contributed by atoms with E-state index < -0.39 is 17.7 Å². The van der Waals surface area contributed by atoms with Crippen LogP contribution in [0.3, 0.4) is 0 Å². The normalized spacial score (nSPS) is 30.4. The van der Waals surface area contributed by atoms with Crippen LogP contribution in [0.25, 0.3) is 0 Å². The van der Waals surface area contributed by atoms with E-state index in [-0.39, 0.29) is 18.6 Å². The highest BCUT2D eigenvalue weighted by atomic mass is 16.5. The summed E-state index contributed by atoms with van der Waals surface area (Å²) in [6.07, 6.45) is 0.